The molecular weight excluding hydrogens is 266 g/mol. The van der Waals surface area contributed by atoms with Crippen molar-refractivity contribution in [3.63, 3.8) is 0 Å². The number of hydrogen-bond donors (Lipinski definition) is 3. The molecule has 7 heteroatoms. The van der Waals surface area contributed by atoms with Gasteiger partial charge in [-0.25, -0.2) is 13.1 Å². The van der Waals surface area contributed by atoms with Gasteiger partial charge in [0.1, 0.15) is 0 Å². The highest BCUT2D eigenvalue weighted by atomic mass is 32.2. The molecule has 0 fully saturated rings. The fraction of sp³-hybridized carbons (Fsp3) is 0.500. The maximum atomic E-state index is 11.7. The van der Waals surface area contributed by atoms with Crippen molar-refractivity contribution in [1.82, 2.24) is 4.72 Å². The zero-order valence-corrected chi connectivity index (χ0v) is 12.3. The SMILES string of the molecule is CNS(=O)(=O)c1ccc(N)c(NCC(C)COC)c1. The normalized spacial score (nSPS) is 13.2. The molecule has 1 atom stereocenters. The van der Waals surface area contributed by atoms with E-state index in [-0.39, 0.29) is 4.90 Å². The summed E-state index contributed by atoms with van der Waals surface area (Å²) in [5.41, 5.74) is 6.95. The molecule has 0 aliphatic carbocycles. The van der Waals surface area contributed by atoms with Crippen molar-refractivity contribution in [3.05, 3.63) is 18.2 Å². The molecule has 0 radical (unpaired) electrons. The van der Waals surface area contributed by atoms with Gasteiger partial charge >= 0.3 is 0 Å². The van der Waals surface area contributed by atoms with Crippen LogP contribution in [0.2, 0.25) is 0 Å². The zero-order chi connectivity index (χ0) is 14.5. The molecule has 1 rings (SSSR count). The van der Waals surface area contributed by atoms with Crippen molar-refractivity contribution in [1.29, 1.82) is 0 Å². The van der Waals surface area contributed by atoms with E-state index in [4.69, 9.17) is 10.5 Å². The van der Waals surface area contributed by atoms with Gasteiger partial charge in [-0.1, -0.05) is 6.92 Å². The molecule has 108 valence electrons. The summed E-state index contributed by atoms with van der Waals surface area (Å²) in [7, 11) is -0.438. The zero-order valence-electron chi connectivity index (χ0n) is 11.4. The van der Waals surface area contributed by atoms with E-state index in [1.165, 1.54) is 19.2 Å². The van der Waals surface area contributed by atoms with Crippen LogP contribution in [0.4, 0.5) is 11.4 Å². The molecule has 4 N–H and O–H groups in total. The first kappa shape index (κ1) is 15.7. The predicted octanol–water partition coefficient (Wildman–Crippen LogP) is 0.871. The standard InChI is InChI=1S/C12H21N3O3S/c1-9(8-18-3)7-15-12-6-10(4-5-11(12)13)19(16,17)14-2/h4-6,9,14-15H,7-8,13H2,1-3H3. The largest absolute Gasteiger partial charge is 0.397 e. The number of ether oxygens (including phenoxy) is 1. The van der Waals surface area contributed by atoms with Gasteiger partial charge in [0, 0.05) is 13.7 Å². The Hall–Kier alpha value is -1.31. The van der Waals surface area contributed by atoms with Crippen molar-refractivity contribution in [2.45, 2.75) is 11.8 Å². The fourth-order valence-corrected chi connectivity index (χ4v) is 2.36. The molecular formula is C12H21N3O3S. The van der Waals surface area contributed by atoms with Gasteiger partial charge in [-0.15, -0.1) is 0 Å². The lowest BCUT2D eigenvalue weighted by molar-refractivity contribution is 0.164. The molecule has 0 saturated carbocycles. The second kappa shape index (κ2) is 6.74. The summed E-state index contributed by atoms with van der Waals surface area (Å²) >= 11 is 0. The van der Waals surface area contributed by atoms with Crippen molar-refractivity contribution >= 4 is 21.4 Å². The summed E-state index contributed by atoms with van der Waals surface area (Å²) in [5, 5.41) is 3.14. The third-order valence-corrected chi connectivity index (χ3v) is 4.11. The lowest BCUT2D eigenvalue weighted by Crippen LogP contribution is -2.20. The first-order valence-corrected chi connectivity index (χ1v) is 7.45. The van der Waals surface area contributed by atoms with Gasteiger partial charge in [0.2, 0.25) is 10.0 Å². The van der Waals surface area contributed by atoms with Crippen LogP contribution in [0.25, 0.3) is 0 Å². The number of hydrogen-bond acceptors (Lipinski definition) is 5. The molecule has 1 aromatic carbocycles. The summed E-state index contributed by atoms with van der Waals surface area (Å²) in [6.45, 7) is 3.31. The Morgan fingerprint density at radius 2 is 2.11 bits per heavy atom. The highest BCUT2D eigenvalue weighted by molar-refractivity contribution is 7.89. The van der Waals surface area contributed by atoms with E-state index in [0.29, 0.717) is 30.4 Å². The maximum absolute atomic E-state index is 11.7. The first-order valence-electron chi connectivity index (χ1n) is 5.96. The van der Waals surface area contributed by atoms with Crippen molar-refractivity contribution in [2.75, 3.05) is 38.4 Å². The average Bonchev–Trinajstić information content (AvgIpc) is 2.38. The van der Waals surface area contributed by atoms with Crippen LogP contribution in [0, 0.1) is 5.92 Å². The average molecular weight is 287 g/mol. The Bertz CT molecular complexity index is 517. The molecule has 0 spiro atoms. The quantitative estimate of drug-likeness (QED) is 0.647. The molecule has 0 aliphatic heterocycles. The Labute approximate surface area is 114 Å². The van der Waals surface area contributed by atoms with Crippen LogP contribution in [0.1, 0.15) is 6.92 Å². The molecule has 0 saturated heterocycles. The lowest BCUT2D eigenvalue weighted by atomic mass is 10.2. The smallest absolute Gasteiger partial charge is 0.240 e. The van der Waals surface area contributed by atoms with E-state index in [9.17, 15) is 8.42 Å². The topological polar surface area (TPSA) is 93.5 Å². The molecule has 0 aromatic heterocycles. The van der Waals surface area contributed by atoms with Crippen LogP contribution in [-0.2, 0) is 14.8 Å². The van der Waals surface area contributed by atoms with E-state index >= 15 is 0 Å². The van der Waals surface area contributed by atoms with Gasteiger partial charge in [0.15, 0.2) is 0 Å². The minimum Gasteiger partial charge on any atom is -0.397 e. The molecule has 6 nitrogen and oxygen atoms in total. The third kappa shape index (κ3) is 4.38. The van der Waals surface area contributed by atoms with E-state index in [2.05, 4.69) is 10.0 Å². The molecule has 0 bridgehead atoms. The van der Waals surface area contributed by atoms with Gasteiger partial charge < -0.3 is 15.8 Å². The van der Waals surface area contributed by atoms with Crippen molar-refractivity contribution in [3.8, 4) is 0 Å². The summed E-state index contributed by atoms with van der Waals surface area (Å²) in [6, 6.07) is 4.58. The summed E-state index contributed by atoms with van der Waals surface area (Å²) in [4.78, 5) is 0.186. The molecule has 0 heterocycles. The predicted molar refractivity (Wildman–Crippen MR) is 76.6 cm³/mol. The van der Waals surface area contributed by atoms with Crippen LogP contribution in [0.15, 0.2) is 23.1 Å². The van der Waals surface area contributed by atoms with Gasteiger partial charge in [-0.2, -0.15) is 0 Å². The van der Waals surface area contributed by atoms with Crippen molar-refractivity contribution < 1.29 is 13.2 Å². The lowest BCUT2D eigenvalue weighted by Gasteiger charge is -2.15. The van der Waals surface area contributed by atoms with E-state index in [0.717, 1.165) is 0 Å². The van der Waals surface area contributed by atoms with E-state index < -0.39 is 10.0 Å². The monoisotopic (exact) mass is 287 g/mol. The van der Waals surface area contributed by atoms with E-state index in [1.54, 1.807) is 13.2 Å². The van der Waals surface area contributed by atoms with Crippen LogP contribution in [-0.4, -0.2) is 35.7 Å². The molecule has 19 heavy (non-hydrogen) atoms. The van der Waals surface area contributed by atoms with Gasteiger partial charge in [-0.3, -0.25) is 0 Å². The Morgan fingerprint density at radius 1 is 1.42 bits per heavy atom. The highest BCUT2D eigenvalue weighted by Crippen LogP contribution is 2.22. The van der Waals surface area contributed by atoms with Gasteiger partial charge in [0.05, 0.1) is 22.9 Å². The van der Waals surface area contributed by atoms with Gasteiger partial charge in [-0.05, 0) is 31.2 Å². The Balaban J connectivity index is 2.87. The van der Waals surface area contributed by atoms with Crippen LogP contribution >= 0.6 is 0 Å². The first-order chi connectivity index (χ1) is 8.90. The molecule has 0 amide bonds. The second-order valence-electron chi connectivity index (χ2n) is 4.40. The number of nitrogens with two attached hydrogens (primary N) is 1. The fourth-order valence-electron chi connectivity index (χ4n) is 1.60. The highest BCUT2D eigenvalue weighted by Gasteiger charge is 2.13. The van der Waals surface area contributed by atoms with Gasteiger partial charge in [0.25, 0.3) is 0 Å². The number of nitrogen functional groups attached to an aromatic ring is 1. The molecule has 1 unspecified atom stereocenters. The second-order valence-corrected chi connectivity index (χ2v) is 6.28. The number of methoxy groups -OCH3 is 1. The minimum absolute atomic E-state index is 0.186. The minimum atomic E-state index is -3.46. The van der Waals surface area contributed by atoms with Crippen LogP contribution in [0.5, 0.6) is 0 Å². The number of nitrogens with one attached hydrogen (secondary N) is 2. The third-order valence-electron chi connectivity index (χ3n) is 2.70. The molecule has 0 aliphatic rings. The Kier molecular flexibility index (Phi) is 5.59. The summed E-state index contributed by atoms with van der Waals surface area (Å²) in [5.74, 6) is 0.300. The number of rotatable bonds is 7. The van der Waals surface area contributed by atoms with E-state index in [1.807, 2.05) is 6.92 Å². The summed E-state index contributed by atoms with van der Waals surface area (Å²) in [6.07, 6.45) is 0. The van der Waals surface area contributed by atoms with Crippen molar-refractivity contribution in [2.24, 2.45) is 5.92 Å². The summed E-state index contributed by atoms with van der Waals surface area (Å²) < 4.78 is 30.7. The van der Waals surface area contributed by atoms with Crippen LogP contribution in [0.3, 0.4) is 0 Å². The number of anilines is 2. The molecule has 1 aromatic rings. The number of benzene rings is 1. The maximum Gasteiger partial charge on any atom is 0.240 e. The Morgan fingerprint density at radius 3 is 2.68 bits per heavy atom. The van der Waals surface area contributed by atoms with Crippen LogP contribution < -0.4 is 15.8 Å². The number of sulfonamides is 1.